The molecule has 0 fully saturated rings. The largest absolute Gasteiger partial charge is 0.419 e. The fourth-order valence-corrected chi connectivity index (χ4v) is 1.86. The van der Waals surface area contributed by atoms with E-state index in [4.69, 9.17) is 10.2 Å². The van der Waals surface area contributed by atoms with Crippen LogP contribution in [0, 0.1) is 0 Å². The van der Waals surface area contributed by atoms with Gasteiger partial charge in [-0.25, -0.2) is 0 Å². The van der Waals surface area contributed by atoms with Crippen molar-refractivity contribution in [1.29, 1.82) is 0 Å². The molecule has 1 aromatic heterocycles. The summed E-state index contributed by atoms with van der Waals surface area (Å²) < 4.78 is 6.39. The molecule has 1 amide bonds. The van der Waals surface area contributed by atoms with Crippen molar-refractivity contribution in [2.45, 2.75) is 19.5 Å². The number of amides is 1. The van der Waals surface area contributed by atoms with Crippen LogP contribution in [0.1, 0.15) is 12.8 Å². The topological polar surface area (TPSA) is 94.0 Å². The van der Waals surface area contributed by atoms with E-state index >= 15 is 0 Å². The Hall–Kier alpha value is -1.73. The van der Waals surface area contributed by atoms with Crippen molar-refractivity contribution in [3.8, 4) is 11.5 Å². The number of carbonyl (C=O) groups is 1. The van der Waals surface area contributed by atoms with Crippen LogP contribution in [0.15, 0.2) is 33.2 Å². The van der Waals surface area contributed by atoms with Crippen LogP contribution < -0.4 is 11.1 Å². The van der Waals surface area contributed by atoms with Crippen molar-refractivity contribution >= 4 is 21.8 Å². The highest BCUT2D eigenvalue weighted by atomic mass is 79.9. The maximum Gasteiger partial charge on any atom is 0.248 e. The van der Waals surface area contributed by atoms with Crippen LogP contribution in [0.4, 0.5) is 0 Å². The highest BCUT2D eigenvalue weighted by Crippen LogP contribution is 2.26. The molecule has 1 heterocycles. The molecule has 1 unspecified atom stereocenters. The quantitative estimate of drug-likeness (QED) is 0.868. The number of hydrogen-bond donors (Lipinski definition) is 2. The monoisotopic (exact) mass is 324 g/mol. The fourth-order valence-electron chi connectivity index (χ4n) is 1.41. The van der Waals surface area contributed by atoms with E-state index < -0.39 is 11.9 Å². The van der Waals surface area contributed by atoms with Crippen molar-refractivity contribution in [2.24, 2.45) is 5.73 Å². The molecule has 0 radical (unpaired) electrons. The SMILES string of the molecule is CC(NCc1nnc(-c2ccccc2Br)o1)C(N)=O. The summed E-state index contributed by atoms with van der Waals surface area (Å²) in [6.45, 7) is 1.97. The summed E-state index contributed by atoms with van der Waals surface area (Å²) in [4.78, 5) is 10.9. The predicted octanol–water partition coefficient (Wildman–Crippen LogP) is 1.46. The summed E-state index contributed by atoms with van der Waals surface area (Å²) >= 11 is 3.42. The summed E-state index contributed by atoms with van der Waals surface area (Å²) in [6, 6.07) is 7.12. The first kappa shape index (κ1) is 13.7. The molecule has 0 spiro atoms. The van der Waals surface area contributed by atoms with Crippen LogP contribution in [0.3, 0.4) is 0 Å². The summed E-state index contributed by atoms with van der Waals surface area (Å²) in [5.74, 6) is 0.403. The third kappa shape index (κ3) is 3.39. The van der Waals surface area contributed by atoms with Gasteiger partial charge in [0.1, 0.15) is 0 Å². The number of nitrogens with one attached hydrogen (secondary N) is 1. The Morgan fingerprint density at radius 1 is 1.47 bits per heavy atom. The molecule has 0 aliphatic heterocycles. The van der Waals surface area contributed by atoms with Crippen LogP contribution in [-0.2, 0) is 11.3 Å². The van der Waals surface area contributed by atoms with Gasteiger partial charge in [-0.2, -0.15) is 0 Å². The van der Waals surface area contributed by atoms with Gasteiger partial charge in [0.05, 0.1) is 18.2 Å². The zero-order valence-electron chi connectivity index (χ0n) is 10.3. The Balaban J connectivity index is 2.08. The van der Waals surface area contributed by atoms with E-state index in [1.54, 1.807) is 6.92 Å². The van der Waals surface area contributed by atoms with Crippen molar-refractivity contribution < 1.29 is 9.21 Å². The lowest BCUT2D eigenvalue weighted by atomic mass is 10.2. The lowest BCUT2D eigenvalue weighted by Crippen LogP contribution is -2.38. The third-order valence-electron chi connectivity index (χ3n) is 2.56. The molecule has 0 bridgehead atoms. The molecule has 6 nitrogen and oxygen atoms in total. The van der Waals surface area contributed by atoms with Crippen LogP contribution in [0.5, 0.6) is 0 Å². The fraction of sp³-hybridized carbons (Fsp3) is 0.250. The van der Waals surface area contributed by atoms with Gasteiger partial charge < -0.3 is 10.2 Å². The molecule has 1 aromatic carbocycles. The third-order valence-corrected chi connectivity index (χ3v) is 3.25. The van der Waals surface area contributed by atoms with Gasteiger partial charge in [-0.15, -0.1) is 10.2 Å². The molecule has 7 heteroatoms. The highest BCUT2D eigenvalue weighted by Gasteiger charge is 2.13. The highest BCUT2D eigenvalue weighted by molar-refractivity contribution is 9.10. The molecule has 0 saturated heterocycles. The smallest absolute Gasteiger partial charge is 0.248 e. The minimum absolute atomic E-state index is 0.293. The first-order valence-corrected chi connectivity index (χ1v) is 6.47. The van der Waals surface area contributed by atoms with Crippen LogP contribution in [0.2, 0.25) is 0 Å². The molecule has 2 rings (SSSR count). The van der Waals surface area contributed by atoms with Crippen molar-refractivity contribution in [1.82, 2.24) is 15.5 Å². The Morgan fingerprint density at radius 3 is 2.89 bits per heavy atom. The number of aromatic nitrogens is 2. The van der Waals surface area contributed by atoms with Gasteiger partial charge in [0.15, 0.2) is 0 Å². The van der Waals surface area contributed by atoms with Crippen LogP contribution in [-0.4, -0.2) is 22.1 Å². The molecule has 2 aromatic rings. The Morgan fingerprint density at radius 2 is 2.21 bits per heavy atom. The van der Waals surface area contributed by atoms with Gasteiger partial charge in [-0.1, -0.05) is 12.1 Å². The Kier molecular flexibility index (Phi) is 4.28. The summed E-state index contributed by atoms with van der Waals surface area (Å²) in [6.07, 6.45) is 0. The molecule has 0 aliphatic rings. The van der Waals surface area contributed by atoms with E-state index in [1.807, 2.05) is 24.3 Å². The molecular weight excluding hydrogens is 312 g/mol. The standard InChI is InChI=1S/C12H13BrN4O2/c1-7(11(14)18)15-6-10-16-17-12(19-10)8-4-2-3-5-9(8)13/h2-5,7,15H,6H2,1H3,(H2,14,18). The summed E-state index contributed by atoms with van der Waals surface area (Å²) in [5.41, 5.74) is 5.97. The van der Waals surface area contributed by atoms with Crippen LogP contribution >= 0.6 is 15.9 Å². The normalized spacial score (nSPS) is 12.3. The zero-order chi connectivity index (χ0) is 13.8. The number of nitrogens with two attached hydrogens (primary N) is 1. The lowest BCUT2D eigenvalue weighted by Gasteiger charge is -2.06. The van der Waals surface area contributed by atoms with Gasteiger partial charge in [-0.05, 0) is 35.0 Å². The maximum atomic E-state index is 10.9. The number of hydrogen-bond acceptors (Lipinski definition) is 5. The van der Waals surface area contributed by atoms with E-state index in [-0.39, 0.29) is 0 Å². The summed E-state index contributed by atoms with van der Waals surface area (Å²) in [5, 5.41) is 10.8. The van der Waals surface area contributed by atoms with E-state index in [9.17, 15) is 4.79 Å². The van der Waals surface area contributed by atoms with E-state index in [0.29, 0.717) is 18.3 Å². The number of nitrogens with zero attached hydrogens (tertiary/aromatic N) is 2. The molecule has 100 valence electrons. The maximum absolute atomic E-state index is 10.9. The Labute approximate surface area is 118 Å². The summed E-state index contributed by atoms with van der Waals surface area (Å²) in [7, 11) is 0. The average Bonchev–Trinajstić information content (AvgIpc) is 2.85. The number of carbonyl (C=O) groups excluding carboxylic acids is 1. The first-order chi connectivity index (χ1) is 9.08. The first-order valence-electron chi connectivity index (χ1n) is 5.68. The van der Waals surface area contributed by atoms with Crippen LogP contribution in [0.25, 0.3) is 11.5 Å². The molecule has 19 heavy (non-hydrogen) atoms. The molecule has 3 N–H and O–H groups in total. The second-order valence-electron chi connectivity index (χ2n) is 3.99. The van der Waals surface area contributed by atoms with Crippen molar-refractivity contribution in [2.75, 3.05) is 0 Å². The van der Waals surface area contributed by atoms with Crippen molar-refractivity contribution in [3.63, 3.8) is 0 Å². The minimum atomic E-state index is -0.446. The minimum Gasteiger partial charge on any atom is -0.419 e. The molecule has 0 aliphatic carbocycles. The number of benzene rings is 1. The number of halogens is 1. The zero-order valence-corrected chi connectivity index (χ0v) is 11.8. The molecule has 1 atom stereocenters. The molecular formula is C12H13BrN4O2. The van der Waals surface area contributed by atoms with Gasteiger partial charge in [0.25, 0.3) is 0 Å². The van der Waals surface area contributed by atoms with Gasteiger partial charge in [0.2, 0.25) is 17.7 Å². The van der Waals surface area contributed by atoms with Gasteiger partial charge in [-0.3, -0.25) is 10.1 Å². The Bertz CT molecular complexity index is 585. The average molecular weight is 325 g/mol. The van der Waals surface area contributed by atoms with Crippen molar-refractivity contribution in [3.05, 3.63) is 34.6 Å². The second kappa shape index (κ2) is 5.94. The second-order valence-corrected chi connectivity index (χ2v) is 4.84. The van der Waals surface area contributed by atoms with E-state index in [1.165, 1.54) is 0 Å². The lowest BCUT2D eigenvalue weighted by molar-refractivity contribution is -0.119. The number of rotatable bonds is 5. The molecule has 0 saturated carbocycles. The van der Waals surface area contributed by atoms with Gasteiger partial charge in [0, 0.05) is 4.47 Å². The van der Waals surface area contributed by atoms with E-state index in [2.05, 4.69) is 31.4 Å². The predicted molar refractivity (Wildman–Crippen MR) is 72.9 cm³/mol. The van der Waals surface area contributed by atoms with Gasteiger partial charge >= 0.3 is 0 Å². The van der Waals surface area contributed by atoms with E-state index in [0.717, 1.165) is 10.0 Å². The number of primary amides is 1.